The highest BCUT2D eigenvalue weighted by Crippen LogP contribution is 2.22. The third-order valence-electron chi connectivity index (χ3n) is 4.55. The number of benzene rings is 1. The lowest BCUT2D eigenvalue weighted by Gasteiger charge is -2.13. The van der Waals surface area contributed by atoms with Gasteiger partial charge in [0.2, 0.25) is 5.95 Å². The lowest BCUT2D eigenvalue weighted by Crippen LogP contribution is -2.08. The zero-order valence-corrected chi connectivity index (χ0v) is 14.5. The van der Waals surface area contributed by atoms with Gasteiger partial charge in [-0.3, -0.25) is 0 Å². The first-order valence-corrected chi connectivity index (χ1v) is 8.67. The van der Waals surface area contributed by atoms with Crippen molar-refractivity contribution >= 4 is 17.5 Å². The number of nitrogens with zero attached hydrogens (tertiary/aromatic N) is 3. The van der Waals surface area contributed by atoms with Crippen molar-refractivity contribution in [1.29, 1.82) is 0 Å². The molecule has 0 saturated carbocycles. The number of hydrogen-bond donors (Lipinski definition) is 2. The maximum absolute atomic E-state index is 4.51. The van der Waals surface area contributed by atoms with E-state index in [-0.39, 0.29) is 0 Å². The van der Waals surface area contributed by atoms with Crippen molar-refractivity contribution in [3.8, 4) is 0 Å². The number of hydrogen-bond acceptors (Lipinski definition) is 5. The molecular weight excluding hydrogens is 298 g/mol. The molecule has 1 aliphatic rings. The summed E-state index contributed by atoms with van der Waals surface area (Å²) in [7, 11) is 0. The molecule has 24 heavy (non-hydrogen) atoms. The quantitative estimate of drug-likeness (QED) is 0.764. The van der Waals surface area contributed by atoms with Crippen LogP contribution in [-0.4, -0.2) is 21.7 Å². The van der Waals surface area contributed by atoms with Crippen LogP contribution in [0, 0.1) is 13.8 Å². The number of aryl methyl sites for hydroxylation is 1. The second-order valence-electron chi connectivity index (χ2n) is 6.32. The van der Waals surface area contributed by atoms with E-state index >= 15 is 0 Å². The normalized spacial score (nSPS) is 14.2. The lowest BCUT2D eigenvalue weighted by atomic mass is 9.97. The summed E-state index contributed by atoms with van der Waals surface area (Å²) < 4.78 is 0. The number of anilines is 3. The Balaban J connectivity index is 1.59. The molecule has 0 fully saturated rings. The molecule has 0 unspecified atom stereocenters. The minimum atomic E-state index is 0.519. The van der Waals surface area contributed by atoms with Crippen LogP contribution in [0.4, 0.5) is 17.5 Å². The van der Waals surface area contributed by atoms with Crippen molar-refractivity contribution in [2.45, 2.75) is 46.0 Å². The first-order valence-electron chi connectivity index (χ1n) is 8.67. The number of nitrogens with one attached hydrogen (secondary N) is 2. The van der Waals surface area contributed by atoms with Crippen LogP contribution in [0.3, 0.4) is 0 Å². The fourth-order valence-electron chi connectivity index (χ4n) is 2.93. The van der Waals surface area contributed by atoms with Crippen LogP contribution in [0.15, 0.2) is 36.0 Å². The predicted molar refractivity (Wildman–Crippen MR) is 98.7 cm³/mol. The topological polar surface area (TPSA) is 62.7 Å². The second kappa shape index (κ2) is 7.90. The van der Waals surface area contributed by atoms with Crippen molar-refractivity contribution in [2.24, 2.45) is 0 Å². The highest BCUT2D eigenvalue weighted by atomic mass is 15.3. The highest BCUT2D eigenvalue weighted by Gasteiger charge is 2.06. The second-order valence-corrected chi connectivity index (χ2v) is 6.32. The lowest BCUT2D eigenvalue weighted by molar-refractivity contribution is 0.679. The van der Waals surface area contributed by atoms with Gasteiger partial charge in [0.25, 0.3) is 0 Å². The van der Waals surface area contributed by atoms with E-state index in [4.69, 9.17) is 0 Å². The molecule has 1 aromatic heterocycles. The van der Waals surface area contributed by atoms with Crippen LogP contribution in [-0.2, 0) is 0 Å². The van der Waals surface area contributed by atoms with E-state index < -0.39 is 0 Å². The molecule has 0 amide bonds. The van der Waals surface area contributed by atoms with Gasteiger partial charge in [-0.1, -0.05) is 23.8 Å². The Kier molecular flexibility index (Phi) is 5.41. The molecule has 2 N–H and O–H groups in total. The Morgan fingerprint density at radius 3 is 2.92 bits per heavy atom. The molecule has 0 saturated heterocycles. The van der Waals surface area contributed by atoms with Crippen LogP contribution in [0.2, 0.25) is 0 Å². The largest absolute Gasteiger partial charge is 0.368 e. The summed E-state index contributed by atoms with van der Waals surface area (Å²) in [5.74, 6) is 1.28. The van der Waals surface area contributed by atoms with E-state index in [1.165, 1.54) is 36.8 Å². The maximum atomic E-state index is 4.51. The predicted octanol–water partition coefficient (Wildman–Crippen LogP) is 4.53. The number of allylic oxidation sites excluding steroid dienone is 1. The zero-order valence-electron chi connectivity index (χ0n) is 14.5. The molecular formula is C19H25N5. The Bertz CT molecular complexity index is 723. The third-order valence-corrected chi connectivity index (χ3v) is 4.55. The van der Waals surface area contributed by atoms with Gasteiger partial charge in [0.05, 0.1) is 6.20 Å². The van der Waals surface area contributed by atoms with Gasteiger partial charge in [-0.15, -0.1) is 5.10 Å². The average molecular weight is 323 g/mol. The number of aromatic nitrogens is 3. The van der Waals surface area contributed by atoms with Crippen LogP contribution >= 0.6 is 0 Å². The van der Waals surface area contributed by atoms with Gasteiger partial charge in [-0.2, -0.15) is 10.1 Å². The van der Waals surface area contributed by atoms with Gasteiger partial charge in [0.15, 0.2) is 5.82 Å². The van der Waals surface area contributed by atoms with E-state index in [2.05, 4.69) is 51.8 Å². The monoisotopic (exact) mass is 323 g/mol. The van der Waals surface area contributed by atoms with Crippen molar-refractivity contribution in [1.82, 2.24) is 15.2 Å². The van der Waals surface area contributed by atoms with Crippen LogP contribution in [0.25, 0.3) is 0 Å². The third kappa shape index (κ3) is 4.31. The summed E-state index contributed by atoms with van der Waals surface area (Å²) in [6.07, 6.45) is 10.3. The molecule has 0 bridgehead atoms. The van der Waals surface area contributed by atoms with Crippen LogP contribution in [0.1, 0.15) is 43.2 Å². The smallest absolute Gasteiger partial charge is 0.249 e. The summed E-state index contributed by atoms with van der Waals surface area (Å²) in [5.41, 5.74) is 5.01. The summed E-state index contributed by atoms with van der Waals surface area (Å²) >= 11 is 0. The fraction of sp³-hybridized carbons (Fsp3) is 0.421. The minimum Gasteiger partial charge on any atom is -0.368 e. The van der Waals surface area contributed by atoms with Gasteiger partial charge < -0.3 is 10.6 Å². The van der Waals surface area contributed by atoms with Gasteiger partial charge >= 0.3 is 0 Å². The van der Waals surface area contributed by atoms with Gasteiger partial charge in [0, 0.05) is 12.2 Å². The average Bonchev–Trinajstić information content (AvgIpc) is 2.60. The molecule has 0 radical (unpaired) electrons. The van der Waals surface area contributed by atoms with E-state index in [9.17, 15) is 0 Å². The van der Waals surface area contributed by atoms with E-state index in [1.54, 1.807) is 11.8 Å². The van der Waals surface area contributed by atoms with E-state index in [0.717, 1.165) is 24.5 Å². The van der Waals surface area contributed by atoms with Gasteiger partial charge in [0.1, 0.15) is 0 Å². The molecule has 1 aliphatic carbocycles. The zero-order chi connectivity index (χ0) is 16.8. The summed E-state index contributed by atoms with van der Waals surface area (Å²) in [6, 6.07) is 6.15. The van der Waals surface area contributed by atoms with E-state index in [0.29, 0.717) is 5.95 Å². The maximum Gasteiger partial charge on any atom is 0.249 e. The van der Waals surface area contributed by atoms with E-state index in [1.807, 2.05) is 12.1 Å². The minimum absolute atomic E-state index is 0.519. The Morgan fingerprint density at radius 2 is 2.08 bits per heavy atom. The summed E-state index contributed by atoms with van der Waals surface area (Å²) in [6.45, 7) is 5.07. The molecule has 5 nitrogen and oxygen atoms in total. The first-order chi connectivity index (χ1) is 11.7. The molecule has 2 aromatic rings. The SMILES string of the molecule is Cc1cccc(Nc2nncc(NCCC3=CCCCC3)n2)c1C. The molecule has 0 atom stereocenters. The molecule has 1 aromatic carbocycles. The van der Waals surface area contributed by atoms with Crippen molar-refractivity contribution < 1.29 is 0 Å². The number of rotatable bonds is 6. The van der Waals surface area contributed by atoms with Gasteiger partial charge in [-0.05, 0) is 63.1 Å². The molecule has 5 heteroatoms. The molecule has 126 valence electrons. The first kappa shape index (κ1) is 16.4. The summed E-state index contributed by atoms with van der Waals surface area (Å²) in [5, 5.41) is 14.7. The Morgan fingerprint density at radius 1 is 1.17 bits per heavy atom. The van der Waals surface area contributed by atoms with Crippen LogP contribution in [0.5, 0.6) is 0 Å². The Hall–Kier alpha value is -2.43. The fourth-order valence-corrected chi connectivity index (χ4v) is 2.93. The molecule has 0 aliphatic heterocycles. The molecule has 3 rings (SSSR count). The van der Waals surface area contributed by atoms with Crippen molar-refractivity contribution in [3.63, 3.8) is 0 Å². The molecule has 0 spiro atoms. The van der Waals surface area contributed by atoms with Crippen molar-refractivity contribution in [2.75, 3.05) is 17.2 Å². The highest BCUT2D eigenvalue weighted by molar-refractivity contribution is 5.60. The standard InChI is InChI=1S/C19H25N5/c1-14-7-6-10-17(15(14)2)22-19-23-18(13-21-24-19)20-12-11-16-8-4-3-5-9-16/h6-8,10,13H,3-5,9,11-12H2,1-2H3,(H2,20,22,23,24). The Labute approximate surface area is 143 Å². The molecule has 1 heterocycles. The van der Waals surface area contributed by atoms with Crippen LogP contribution < -0.4 is 10.6 Å². The van der Waals surface area contributed by atoms with Crippen molar-refractivity contribution in [3.05, 3.63) is 47.2 Å². The van der Waals surface area contributed by atoms with Gasteiger partial charge in [-0.25, -0.2) is 0 Å². The summed E-state index contributed by atoms with van der Waals surface area (Å²) in [4.78, 5) is 4.51.